The number of aliphatic hydroxyl groups excluding tert-OH is 1. The predicted octanol–water partition coefficient (Wildman–Crippen LogP) is 7.12. The standard InChI is InChI=1S/C26H29ClN2OS/c1-19-10-4-5-11-21(19)26(31)22-15-14-20(18-23(22)27)29-25-13-7-6-12-24(25)28-16-8-2-3-9-17-30/h4-7,10-15,18,28-30H,2-3,8-9,16-17H2,1H3. The van der Waals surface area contributed by atoms with Gasteiger partial charge in [-0.15, -0.1) is 0 Å². The first-order valence-corrected chi connectivity index (χ1v) is 11.5. The van der Waals surface area contributed by atoms with Crippen LogP contribution in [0.1, 0.15) is 42.4 Å². The van der Waals surface area contributed by atoms with Crippen LogP contribution >= 0.6 is 23.8 Å². The summed E-state index contributed by atoms with van der Waals surface area (Å²) in [6.45, 7) is 3.23. The van der Waals surface area contributed by atoms with Crippen LogP contribution in [-0.2, 0) is 0 Å². The minimum absolute atomic E-state index is 0.275. The van der Waals surface area contributed by atoms with Gasteiger partial charge in [-0.3, -0.25) is 0 Å². The van der Waals surface area contributed by atoms with Crippen LogP contribution in [0.5, 0.6) is 0 Å². The summed E-state index contributed by atoms with van der Waals surface area (Å²) in [7, 11) is 0. The third-order valence-corrected chi connectivity index (χ3v) is 5.96. The Balaban J connectivity index is 1.68. The van der Waals surface area contributed by atoms with Gasteiger partial charge >= 0.3 is 0 Å². The molecule has 5 heteroatoms. The molecule has 0 heterocycles. The first-order chi connectivity index (χ1) is 15.1. The monoisotopic (exact) mass is 452 g/mol. The Kier molecular flexibility index (Phi) is 8.89. The van der Waals surface area contributed by atoms with Gasteiger partial charge in [-0.2, -0.15) is 0 Å². The van der Waals surface area contributed by atoms with Crippen molar-refractivity contribution in [3.63, 3.8) is 0 Å². The van der Waals surface area contributed by atoms with E-state index in [1.807, 2.05) is 54.6 Å². The average Bonchev–Trinajstić information content (AvgIpc) is 2.77. The Morgan fingerprint density at radius 2 is 1.58 bits per heavy atom. The molecule has 0 aliphatic heterocycles. The number of unbranched alkanes of at least 4 members (excludes halogenated alkanes) is 3. The molecule has 31 heavy (non-hydrogen) atoms. The molecule has 162 valence electrons. The van der Waals surface area contributed by atoms with Crippen molar-refractivity contribution < 1.29 is 5.11 Å². The van der Waals surface area contributed by atoms with Crippen molar-refractivity contribution in [2.24, 2.45) is 0 Å². The van der Waals surface area contributed by atoms with Gasteiger partial charge in [0.05, 0.1) is 21.3 Å². The van der Waals surface area contributed by atoms with E-state index in [-0.39, 0.29) is 6.61 Å². The molecule has 3 nitrogen and oxygen atoms in total. The molecule has 0 aliphatic carbocycles. The van der Waals surface area contributed by atoms with Gasteiger partial charge < -0.3 is 15.7 Å². The largest absolute Gasteiger partial charge is 0.396 e. The molecule has 0 radical (unpaired) electrons. The van der Waals surface area contributed by atoms with Crippen LogP contribution in [0.15, 0.2) is 66.7 Å². The summed E-state index contributed by atoms with van der Waals surface area (Å²) >= 11 is 12.3. The van der Waals surface area contributed by atoms with Crippen LogP contribution in [0.25, 0.3) is 0 Å². The van der Waals surface area contributed by atoms with Crippen molar-refractivity contribution in [1.29, 1.82) is 0 Å². The Morgan fingerprint density at radius 3 is 2.32 bits per heavy atom. The van der Waals surface area contributed by atoms with Crippen molar-refractivity contribution in [2.45, 2.75) is 32.6 Å². The minimum Gasteiger partial charge on any atom is -0.396 e. The van der Waals surface area contributed by atoms with Crippen molar-refractivity contribution in [1.82, 2.24) is 0 Å². The van der Waals surface area contributed by atoms with Crippen molar-refractivity contribution >= 4 is 45.7 Å². The SMILES string of the molecule is Cc1ccccc1C(=S)c1ccc(Nc2ccccc2NCCCCCCO)cc1Cl. The fraction of sp³-hybridized carbons (Fsp3) is 0.269. The van der Waals surface area contributed by atoms with Gasteiger partial charge in [0.15, 0.2) is 0 Å². The van der Waals surface area contributed by atoms with Crippen LogP contribution in [0, 0.1) is 6.92 Å². The summed E-state index contributed by atoms with van der Waals surface area (Å²) in [6.07, 6.45) is 4.13. The molecule has 0 fully saturated rings. The molecule has 3 N–H and O–H groups in total. The van der Waals surface area contributed by atoms with Gasteiger partial charge in [0.2, 0.25) is 0 Å². The lowest BCUT2D eigenvalue weighted by atomic mass is 10.00. The summed E-state index contributed by atoms with van der Waals surface area (Å²) in [6, 6.07) is 22.2. The van der Waals surface area contributed by atoms with Crippen LogP contribution in [0.4, 0.5) is 17.1 Å². The maximum Gasteiger partial charge on any atom is 0.0620 e. The van der Waals surface area contributed by atoms with E-state index in [0.29, 0.717) is 5.02 Å². The lowest BCUT2D eigenvalue weighted by Crippen LogP contribution is -2.05. The highest BCUT2D eigenvalue weighted by molar-refractivity contribution is 7.81. The summed E-state index contributed by atoms with van der Waals surface area (Å²) in [5, 5.41) is 16.5. The molecule has 0 unspecified atom stereocenters. The second-order valence-corrected chi connectivity index (χ2v) is 8.39. The number of rotatable bonds is 11. The van der Waals surface area contributed by atoms with Gasteiger partial charge in [-0.1, -0.05) is 73.1 Å². The zero-order valence-corrected chi connectivity index (χ0v) is 19.4. The number of hydrogen-bond acceptors (Lipinski definition) is 4. The number of anilines is 3. The Morgan fingerprint density at radius 1 is 0.871 bits per heavy atom. The molecule has 0 bridgehead atoms. The third-order valence-electron chi connectivity index (χ3n) is 5.21. The predicted molar refractivity (Wildman–Crippen MR) is 137 cm³/mol. The summed E-state index contributed by atoms with van der Waals surface area (Å²) in [4.78, 5) is 0.762. The molecule has 0 aliphatic rings. The van der Waals surface area contributed by atoms with Crippen LogP contribution in [0.2, 0.25) is 5.02 Å². The fourth-order valence-electron chi connectivity index (χ4n) is 3.46. The van der Waals surface area contributed by atoms with E-state index < -0.39 is 0 Å². The molecule has 3 rings (SSSR count). The fourth-order valence-corrected chi connectivity index (χ4v) is 4.20. The number of hydrogen-bond donors (Lipinski definition) is 3. The van der Waals surface area contributed by atoms with Gasteiger partial charge in [0, 0.05) is 24.4 Å². The van der Waals surface area contributed by atoms with E-state index in [2.05, 4.69) is 29.7 Å². The van der Waals surface area contributed by atoms with Crippen LogP contribution in [-0.4, -0.2) is 23.1 Å². The van der Waals surface area contributed by atoms with Gasteiger partial charge in [-0.05, 0) is 61.2 Å². The summed E-state index contributed by atoms with van der Waals surface area (Å²) < 4.78 is 0. The third kappa shape index (κ3) is 6.54. The molecule has 0 atom stereocenters. The molecule has 3 aromatic carbocycles. The average molecular weight is 453 g/mol. The van der Waals surface area contributed by atoms with E-state index in [9.17, 15) is 0 Å². The lowest BCUT2D eigenvalue weighted by Gasteiger charge is -2.15. The highest BCUT2D eigenvalue weighted by Gasteiger charge is 2.12. The number of benzene rings is 3. The Hall–Kier alpha value is -2.40. The topological polar surface area (TPSA) is 44.3 Å². The Bertz CT molecular complexity index is 1020. The number of aryl methyl sites for hydroxylation is 1. The molecule has 3 aromatic rings. The van der Waals surface area contributed by atoms with Gasteiger partial charge in [0.25, 0.3) is 0 Å². The highest BCUT2D eigenvalue weighted by Crippen LogP contribution is 2.30. The molecule has 0 spiro atoms. The molecular weight excluding hydrogens is 424 g/mol. The van der Waals surface area contributed by atoms with Crippen molar-refractivity contribution in [3.05, 3.63) is 88.4 Å². The van der Waals surface area contributed by atoms with E-state index >= 15 is 0 Å². The maximum absolute atomic E-state index is 8.87. The maximum atomic E-state index is 8.87. The lowest BCUT2D eigenvalue weighted by molar-refractivity contribution is 0.283. The smallest absolute Gasteiger partial charge is 0.0620 e. The number of para-hydroxylation sites is 2. The van der Waals surface area contributed by atoms with E-state index in [0.717, 1.165) is 70.8 Å². The number of halogens is 1. The van der Waals surface area contributed by atoms with E-state index in [4.69, 9.17) is 28.9 Å². The molecule has 0 amide bonds. The number of aliphatic hydroxyl groups is 1. The van der Waals surface area contributed by atoms with E-state index in [1.165, 1.54) is 0 Å². The molecular formula is C26H29ClN2OS. The summed E-state index contributed by atoms with van der Waals surface area (Å²) in [5.41, 5.74) is 6.02. The number of nitrogens with one attached hydrogen (secondary N) is 2. The van der Waals surface area contributed by atoms with E-state index in [1.54, 1.807) is 0 Å². The quantitative estimate of drug-likeness (QED) is 0.164. The van der Waals surface area contributed by atoms with Gasteiger partial charge in [-0.25, -0.2) is 0 Å². The normalized spacial score (nSPS) is 10.7. The highest BCUT2D eigenvalue weighted by atomic mass is 35.5. The molecule has 0 saturated carbocycles. The molecule has 0 saturated heterocycles. The van der Waals surface area contributed by atoms with Crippen molar-refractivity contribution in [2.75, 3.05) is 23.8 Å². The molecule has 0 aromatic heterocycles. The van der Waals surface area contributed by atoms with Gasteiger partial charge in [0.1, 0.15) is 0 Å². The second-order valence-electron chi connectivity index (χ2n) is 7.57. The number of thiocarbonyl (C=S) groups is 1. The second kappa shape index (κ2) is 11.8. The zero-order chi connectivity index (χ0) is 22.1. The first-order valence-electron chi connectivity index (χ1n) is 10.7. The van der Waals surface area contributed by atoms with Crippen LogP contribution in [0.3, 0.4) is 0 Å². The van der Waals surface area contributed by atoms with Crippen LogP contribution < -0.4 is 10.6 Å². The zero-order valence-electron chi connectivity index (χ0n) is 17.8. The Labute approximate surface area is 195 Å². The summed E-state index contributed by atoms with van der Waals surface area (Å²) in [5.74, 6) is 0. The minimum atomic E-state index is 0.275. The van der Waals surface area contributed by atoms with Crippen molar-refractivity contribution in [3.8, 4) is 0 Å². The first kappa shape index (κ1) is 23.3.